The maximum absolute atomic E-state index is 13.0. The molecule has 0 saturated carbocycles. The first kappa shape index (κ1) is 18.1. The summed E-state index contributed by atoms with van der Waals surface area (Å²) in [6.07, 6.45) is -4.08. The lowest BCUT2D eigenvalue weighted by molar-refractivity contribution is -0.184. The van der Waals surface area contributed by atoms with Gasteiger partial charge in [0.1, 0.15) is 0 Å². The van der Waals surface area contributed by atoms with E-state index in [1.807, 2.05) is 26.0 Å². The van der Waals surface area contributed by atoms with E-state index < -0.39 is 12.1 Å². The monoisotopic (exact) mass is 373 g/mol. The smallest absolute Gasteiger partial charge is 0.334 e. The van der Waals surface area contributed by atoms with Gasteiger partial charge in [-0.15, -0.1) is 0 Å². The van der Waals surface area contributed by atoms with Crippen LogP contribution >= 0.6 is 0 Å². The van der Waals surface area contributed by atoms with Gasteiger partial charge in [0.25, 0.3) is 0 Å². The van der Waals surface area contributed by atoms with Crippen molar-refractivity contribution >= 4 is 5.91 Å². The zero-order chi connectivity index (χ0) is 19.3. The number of rotatable bonds is 1. The van der Waals surface area contributed by atoms with Crippen molar-refractivity contribution in [2.75, 3.05) is 13.1 Å². The zero-order valence-corrected chi connectivity index (χ0v) is 15.4. The van der Waals surface area contributed by atoms with Gasteiger partial charge in [-0.3, -0.25) is 4.79 Å². The van der Waals surface area contributed by atoms with E-state index in [0.29, 0.717) is 0 Å². The lowest BCUT2D eigenvalue weighted by atomic mass is 9.67. The maximum Gasteiger partial charge on any atom is 0.471 e. The lowest BCUT2D eigenvalue weighted by Gasteiger charge is -2.35. The van der Waals surface area contributed by atoms with Crippen LogP contribution in [0.2, 0.25) is 0 Å². The van der Waals surface area contributed by atoms with Crippen molar-refractivity contribution in [3.05, 3.63) is 70.3 Å². The van der Waals surface area contributed by atoms with E-state index in [1.54, 1.807) is 0 Å². The van der Waals surface area contributed by atoms with Gasteiger partial charge in [-0.05, 0) is 48.8 Å². The summed E-state index contributed by atoms with van der Waals surface area (Å²) >= 11 is 0. The first-order valence-electron chi connectivity index (χ1n) is 9.26. The molecule has 3 unspecified atom stereocenters. The highest BCUT2D eigenvalue weighted by Crippen LogP contribution is 2.47. The molecule has 0 radical (unpaired) electrons. The number of carbonyl (C=O) groups is 1. The predicted molar refractivity (Wildman–Crippen MR) is 97.5 cm³/mol. The van der Waals surface area contributed by atoms with Crippen LogP contribution in [0.1, 0.15) is 33.7 Å². The molecule has 2 aromatic rings. The minimum atomic E-state index is -4.81. The number of nitrogens with zero attached hydrogens (tertiary/aromatic N) is 1. The number of likely N-dealkylation sites (tertiary alicyclic amines) is 1. The first-order chi connectivity index (χ1) is 12.7. The molecule has 1 saturated heterocycles. The van der Waals surface area contributed by atoms with Crippen LogP contribution in [-0.4, -0.2) is 30.1 Å². The molecule has 5 heteroatoms. The number of halogens is 3. The fourth-order valence-corrected chi connectivity index (χ4v) is 4.74. The van der Waals surface area contributed by atoms with Crippen molar-refractivity contribution in [3.8, 4) is 0 Å². The number of alkyl halides is 3. The number of hydrogen-bond acceptors (Lipinski definition) is 1. The minimum Gasteiger partial charge on any atom is -0.334 e. The van der Waals surface area contributed by atoms with Gasteiger partial charge in [0.15, 0.2) is 0 Å². The van der Waals surface area contributed by atoms with Crippen molar-refractivity contribution in [2.45, 2.75) is 32.4 Å². The van der Waals surface area contributed by atoms with Crippen LogP contribution in [0, 0.1) is 25.7 Å². The van der Waals surface area contributed by atoms with Gasteiger partial charge in [0.05, 0.1) is 0 Å². The Morgan fingerprint density at radius 1 is 1.00 bits per heavy atom. The summed E-state index contributed by atoms with van der Waals surface area (Å²) in [5.41, 5.74) is 5.79. The van der Waals surface area contributed by atoms with E-state index in [4.69, 9.17) is 0 Å². The molecule has 1 aliphatic carbocycles. The highest BCUT2D eigenvalue weighted by Gasteiger charge is 2.50. The Morgan fingerprint density at radius 2 is 1.67 bits per heavy atom. The van der Waals surface area contributed by atoms with Crippen molar-refractivity contribution < 1.29 is 18.0 Å². The third kappa shape index (κ3) is 3.24. The van der Waals surface area contributed by atoms with Gasteiger partial charge < -0.3 is 4.90 Å². The average molecular weight is 373 g/mol. The quantitative estimate of drug-likeness (QED) is 0.714. The number of benzene rings is 2. The third-order valence-electron chi connectivity index (χ3n) is 6.00. The standard InChI is InChI=1S/C22H22F3NO/c1-13-3-6-15(7-4-13)20-18-9-14(2)5-8-16(18)10-17-11-26(12-19(17)20)21(27)22(23,24)25/h3-9,17,19-20H,10-12H2,1-2H3. The van der Waals surface area contributed by atoms with Gasteiger partial charge in [0.2, 0.25) is 0 Å². The second-order valence-corrected chi connectivity index (χ2v) is 7.93. The molecule has 4 rings (SSSR count). The third-order valence-corrected chi connectivity index (χ3v) is 6.00. The second-order valence-electron chi connectivity index (χ2n) is 7.93. The molecule has 142 valence electrons. The molecular weight excluding hydrogens is 351 g/mol. The molecule has 2 nitrogen and oxygen atoms in total. The predicted octanol–water partition coefficient (Wildman–Crippen LogP) is 4.63. The molecule has 3 atom stereocenters. The van der Waals surface area contributed by atoms with Crippen LogP contribution in [0.5, 0.6) is 0 Å². The minimum absolute atomic E-state index is 0.00769. The molecule has 0 bridgehead atoms. The molecule has 1 amide bonds. The van der Waals surface area contributed by atoms with Crippen LogP contribution in [0.4, 0.5) is 13.2 Å². The average Bonchev–Trinajstić information content (AvgIpc) is 3.02. The highest BCUT2D eigenvalue weighted by atomic mass is 19.4. The molecule has 1 fully saturated rings. The van der Waals surface area contributed by atoms with Crippen molar-refractivity contribution in [1.29, 1.82) is 0 Å². The Bertz CT molecular complexity index is 872. The van der Waals surface area contributed by atoms with E-state index in [1.165, 1.54) is 11.1 Å². The highest BCUT2D eigenvalue weighted by molar-refractivity contribution is 5.82. The fraction of sp³-hybridized carbons (Fsp3) is 0.409. The Morgan fingerprint density at radius 3 is 2.33 bits per heavy atom. The Kier molecular flexibility index (Phi) is 4.28. The molecule has 1 heterocycles. The van der Waals surface area contributed by atoms with Gasteiger partial charge in [-0.2, -0.15) is 13.2 Å². The summed E-state index contributed by atoms with van der Waals surface area (Å²) in [5, 5.41) is 0. The Hall–Kier alpha value is -2.30. The lowest BCUT2D eigenvalue weighted by Crippen LogP contribution is -2.40. The Balaban J connectivity index is 1.75. The summed E-state index contributed by atoms with van der Waals surface area (Å²) in [5.74, 6) is -1.63. The van der Waals surface area contributed by atoms with E-state index in [-0.39, 0.29) is 30.8 Å². The molecule has 0 spiro atoms. The summed E-state index contributed by atoms with van der Waals surface area (Å²) in [4.78, 5) is 12.8. The largest absolute Gasteiger partial charge is 0.471 e. The van der Waals surface area contributed by atoms with E-state index in [2.05, 4.69) is 30.3 Å². The van der Waals surface area contributed by atoms with E-state index >= 15 is 0 Å². The van der Waals surface area contributed by atoms with Gasteiger partial charge in [-0.25, -0.2) is 0 Å². The van der Waals surface area contributed by atoms with Crippen LogP contribution in [0.3, 0.4) is 0 Å². The molecule has 2 aliphatic rings. The molecular formula is C22H22F3NO. The van der Waals surface area contributed by atoms with Crippen molar-refractivity contribution in [1.82, 2.24) is 4.90 Å². The molecule has 1 aliphatic heterocycles. The maximum atomic E-state index is 13.0. The van der Waals surface area contributed by atoms with E-state index in [0.717, 1.165) is 28.0 Å². The molecule has 0 aromatic heterocycles. The fourth-order valence-electron chi connectivity index (χ4n) is 4.74. The normalized spacial score (nSPS) is 24.5. The first-order valence-corrected chi connectivity index (χ1v) is 9.26. The topological polar surface area (TPSA) is 20.3 Å². The second kappa shape index (κ2) is 6.39. The van der Waals surface area contributed by atoms with Crippen LogP contribution < -0.4 is 0 Å². The van der Waals surface area contributed by atoms with Crippen LogP contribution in [0.25, 0.3) is 0 Å². The number of aryl methyl sites for hydroxylation is 2. The number of fused-ring (bicyclic) bond motifs is 2. The molecule has 2 aromatic carbocycles. The van der Waals surface area contributed by atoms with Gasteiger partial charge in [-0.1, -0.05) is 53.6 Å². The van der Waals surface area contributed by atoms with Crippen LogP contribution in [0.15, 0.2) is 42.5 Å². The summed E-state index contributed by atoms with van der Waals surface area (Å²) in [6, 6.07) is 14.5. The van der Waals surface area contributed by atoms with Crippen molar-refractivity contribution in [2.24, 2.45) is 11.8 Å². The SMILES string of the molecule is Cc1ccc(C2c3cc(C)ccc3CC3CN(C(=O)C(F)(F)F)CC32)cc1. The summed E-state index contributed by atoms with van der Waals surface area (Å²) in [6.45, 7) is 4.39. The number of amides is 1. The number of hydrogen-bond donors (Lipinski definition) is 0. The summed E-state index contributed by atoms with van der Waals surface area (Å²) in [7, 11) is 0. The van der Waals surface area contributed by atoms with Crippen LogP contribution in [-0.2, 0) is 11.2 Å². The van der Waals surface area contributed by atoms with E-state index in [9.17, 15) is 18.0 Å². The number of carbonyl (C=O) groups excluding carboxylic acids is 1. The van der Waals surface area contributed by atoms with Gasteiger partial charge in [0, 0.05) is 19.0 Å². The van der Waals surface area contributed by atoms with Gasteiger partial charge >= 0.3 is 12.1 Å². The molecule has 27 heavy (non-hydrogen) atoms. The molecule has 0 N–H and O–H groups in total. The van der Waals surface area contributed by atoms with Crippen molar-refractivity contribution in [3.63, 3.8) is 0 Å². The zero-order valence-electron chi connectivity index (χ0n) is 15.4. The summed E-state index contributed by atoms with van der Waals surface area (Å²) < 4.78 is 38.9. The Labute approximate surface area is 157 Å².